The van der Waals surface area contributed by atoms with E-state index in [4.69, 9.17) is 10.5 Å². The summed E-state index contributed by atoms with van der Waals surface area (Å²) < 4.78 is 4.89. The maximum absolute atomic E-state index is 11.3. The molecule has 0 saturated carbocycles. The lowest BCUT2D eigenvalue weighted by Gasteiger charge is -2.10. The highest BCUT2D eigenvalue weighted by Crippen LogP contribution is 2.19. The van der Waals surface area contributed by atoms with Crippen LogP contribution in [0.5, 0.6) is 0 Å². The quantitative estimate of drug-likeness (QED) is 0.783. The number of aromatic amines is 1. The molecule has 4 heteroatoms. The van der Waals surface area contributed by atoms with Gasteiger partial charge in [-0.15, -0.1) is 0 Å². The minimum Gasteiger partial charge on any atom is -0.466 e. The minimum atomic E-state index is -0.214. The first-order chi connectivity index (χ1) is 9.20. The van der Waals surface area contributed by atoms with Gasteiger partial charge in [0.05, 0.1) is 13.0 Å². The Labute approximate surface area is 112 Å². The van der Waals surface area contributed by atoms with Crippen molar-refractivity contribution in [1.82, 2.24) is 4.98 Å². The largest absolute Gasteiger partial charge is 0.466 e. The molecule has 0 fully saturated rings. The molecule has 19 heavy (non-hydrogen) atoms. The number of aryl methyl sites for hydroxylation is 1. The van der Waals surface area contributed by atoms with Crippen LogP contribution in [-0.4, -0.2) is 23.6 Å². The van der Waals surface area contributed by atoms with Crippen molar-refractivity contribution < 1.29 is 9.53 Å². The molecule has 3 N–H and O–H groups in total. The van der Waals surface area contributed by atoms with Gasteiger partial charge in [0, 0.05) is 23.1 Å². The van der Waals surface area contributed by atoms with Gasteiger partial charge in [0.25, 0.3) is 0 Å². The Kier molecular flexibility index (Phi) is 4.58. The molecular formula is C15H20N2O2. The van der Waals surface area contributed by atoms with Crippen LogP contribution in [0.3, 0.4) is 0 Å². The number of ether oxygens (including phenoxy) is 1. The predicted octanol–water partition coefficient (Wildman–Crippen LogP) is 2.38. The Morgan fingerprint density at radius 3 is 3.00 bits per heavy atom. The molecule has 0 spiro atoms. The molecule has 0 amide bonds. The second-order valence-electron chi connectivity index (χ2n) is 4.67. The van der Waals surface area contributed by atoms with Gasteiger partial charge in [0.2, 0.25) is 0 Å². The Morgan fingerprint density at radius 1 is 1.42 bits per heavy atom. The molecule has 0 radical (unpaired) electrons. The normalized spacial score (nSPS) is 12.5. The van der Waals surface area contributed by atoms with E-state index in [2.05, 4.69) is 17.1 Å². The number of H-pyrrole nitrogens is 1. The van der Waals surface area contributed by atoms with E-state index in [1.54, 1.807) is 6.92 Å². The van der Waals surface area contributed by atoms with Gasteiger partial charge in [-0.05, 0) is 31.4 Å². The molecule has 1 aromatic carbocycles. The zero-order valence-corrected chi connectivity index (χ0v) is 11.2. The van der Waals surface area contributed by atoms with Crippen LogP contribution >= 0.6 is 0 Å². The molecule has 1 heterocycles. The van der Waals surface area contributed by atoms with E-state index in [-0.39, 0.29) is 18.4 Å². The molecule has 0 aliphatic rings. The molecule has 0 aliphatic carbocycles. The van der Waals surface area contributed by atoms with Crippen LogP contribution in [0.2, 0.25) is 0 Å². The number of esters is 1. The fraction of sp³-hybridized carbons (Fsp3) is 0.400. The van der Waals surface area contributed by atoms with Crippen LogP contribution in [0.25, 0.3) is 10.9 Å². The van der Waals surface area contributed by atoms with Crippen molar-refractivity contribution in [2.45, 2.75) is 32.2 Å². The van der Waals surface area contributed by atoms with Gasteiger partial charge >= 0.3 is 5.97 Å². The van der Waals surface area contributed by atoms with Crippen LogP contribution in [0.4, 0.5) is 0 Å². The number of hydrogen-bond donors (Lipinski definition) is 2. The number of rotatable bonds is 6. The average molecular weight is 260 g/mol. The smallest absolute Gasteiger partial charge is 0.307 e. The second-order valence-corrected chi connectivity index (χ2v) is 4.67. The predicted molar refractivity (Wildman–Crippen MR) is 75.8 cm³/mol. The second kappa shape index (κ2) is 6.38. The third-order valence-electron chi connectivity index (χ3n) is 3.19. The lowest BCUT2D eigenvalue weighted by atomic mass is 10.0. The summed E-state index contributed by atoms with van der Waals surface area (Å²) in [5.41, 5.74) is 8.34. The molecule has 0 bridgehead atoms. The zero-order chi connectivity index (χ0) is 13.7. The lowest BCUT2D eigenvalue weighted by molar-refractivity contribution is -0.143. The molecule has 0 unspecified atom stereocenters. The fourth-order valence-electron chi connectivity index (χ4n) is 2.22. The van der Waals surface area contributed by atoms with E-state index in [1.165, 1.54) is 10.9 Å². The van der Waals surface area contributed by atoms with E-state index in [1.807, 2.05) is 18.3 Å². The molecule has 0 saturated heterocycles. The Hall–Kier alpha value is -1.81. The monoisotopic (exact) mass is 260 g/mol. The van der Waals surface area contributed by atoms with E-state index in [9.17, 15) is 4.79 Å². The Balaban J connectivity index is 1.90. The van der Waals surface area contributed by atoms with Crippen molar-refractivity contribution in [1.29, 1.82) is 0 Å². The standard InChI is InChI=1S/C15H20N2O2/c1-2-19-15(18)9-12(16)8-7-11-10-17-14-6-4-3-5-13(11)14/h3-6,10,12,17H,2,7-9,16H2,1H3/t12-/m0/s1. The topological polar surface area (TPSA) is 68.1 Å². The first-order valence-electron chi connectivity index (χ1n) is 6.67. The number of hydrogen-bond acceptors (Lipinski definition) is 3. The summed E-state index contributed by atoms with van der Waals surface area (Å²) in [4.78, 5) is 14.6. The lowest BCUT2D eigenvalue weighted by Crippen LogP contribution is -2.25. The van der Waals surface area contributed by atoms with Crippen molar-refractivity contribution in [2.24, 2.45) is 5.73 Å². The summed E-state index contributed by atoms with van der Waals surface area (Å²) in [6.07, 6.45) is 3.95. The Bertz CT molecular complexity index is 548. The van der Waals surface area contributed by atoms with Gasteiger partial charge < -0.3 is 15.5 Å². The van der Waals surface area contributed by atoms with Crippen LogP contribution in [-0.2, 0) is 16.0 Å². The van der Waals surface area contributed by atoms with Crippen LogP contribution in [0, 0.1) is 0 Å². The zero-order valence-electron chi connectivity index (χ0n) is 11.2. The summed E-state index contributed by atoms with van der Waals surface area (Å²) in [5.74, 6) is -0.214. The van der Waals surface area contributed by atoms with Gasteiger partial charge in [-0.25, -0.2) is 0 Å². The number of aromatic nitrogens is 1. The Morgan fingerprint density at radius 2 is 2.21 bits per heavy atom. The maximum Gasteiger partial charge on any atom is 0.307 e. The molecule has 1 atom stereocenters. The van der Waals surface area contributed by atoms with Crippen LogP contribution in [0.1, 0.15) is 25.3 Å². The first kappa shape index (κ1) is 13.6. The highest BCUT2D eigenvalue weighted by atomic mass is 16.5. The highest BCUT2D eigenvalue weighted by molar-refractivity contribution is 5.83. The van der Waals surface area contributed by atoms with Crippen molar-refractivity contribution in [3.8, 4) is 0 Å². The van der Waals surface area contributed by atoms with Crippen molar-refractivity contribution >= 4 is 16.9 Å². The van der Waals surface area contributed by atoms with Gasteiger partial charge in [-0.2, -0.15) is 0 Å². The summed E-state index contributed by atoms with van der Waals surface area (Å²) in [5, 5.41) is 1.23. The molecule has 2 aromatic rings. The number of carbonyl (C=O) groups excluding carboxylic acids is 1. The van der Waals surface area contributed by atoms with E-state index in [0.29, 0.717) is 6.61 Å². The average Bonchev–Trinajstić information content (AvgIpc) is 2.80. The summed E-state index contributed by atoms with van der Waals surface area (Å²) in [7, 11) is 0. The number of nitrogens with one attached hydrogen (secondary N) is 1. The maximum atomic E-state index is 11.3. The number of nitrogens with two attached hydrogens (primary N) is 1. The SMILES string of the molecule is CCOC(=O)C[C@@H](N)CCc1c[nH]c2ccccc12. The minimum absolute atomic E-state index is 0.146. The van der Waals surface area contributed by atoms with Gasteiger partial charge in [-0.1, -0.05) is 18.2 Å². The first-order valence-corrected chi connectivity index (χ1v) is 6.67. The van der Waals surface area contributed by atoms with Crippen LogP contribution in [0.15, 0.2) is 30.5 Å². The molecular weight excluding hydrogens is 240 g/mol. The van der Waals surface area contributed by atoms with Gasteiger partial charge in [0.1, 0.15) is 0 Å². The van der Waals surface area contributed by atoms with E-state index in [0.717, 1.165) is 18.4 Å². The van der Waals surface area contributed by atoms with E-state index < -0.39 is 0 Å². The highest BCUT2D eigenvalue weighted by Gasteiger charge is 2.11. The fourth-order valence-corrected chi connectivity index (χ4v) is 2.22. The molecule has 102 valence electrons. The molecule has 2 rings (SSSR count). The molecule has 1 aromatic heterocycles. The van der Waals surface area contributed by atoms with Crippen LogP contribution < -0.4 is 5.73 Å². The van der Waals surface area contributed by atoms with Crippen molar-refractivity contribution in [3.05, 3.63) is 36.0 Å². The third-order valence-corrected chi connectivity index (χ3v) is 3.19. The number of para-hydroxylation sites is 1. The number of carbonyl (C=O) groups is 1. The summed E-state index contributed by atoms with van der Waals surface area (Å²) in [6, 6.07) is 8.04. The van der Waals surface area contributed by atoms with E-state index >= 15 is 0 Å². The van der Waals surface area contributed by atoms with Crippen molar-refractivity contribution in [2.75, 3.05) is 6.61 Å². The molecule has 0 aliphatic heterocycles. The number of benzene rings is 1. The summed E-state index contributed by atoms with van der Waals surface area (Å²) >= 11 is 0. The van der Waals surface area contributed by atoms with Gasteiger partial charge in [0.15, 0.2) is 0 Å². The van der Waals surface area contributed by atoms with Gasteiger partial charge in [-0.3, -0.25) is 4.79 Å². The summed E-state index contributed by atoms with van der Waals surface area (Å²) in [6.45, 7) is 2.21. The molecule has 4 nitrogen and oxygen atoms in total. The number of fused-ring (bicyclic) bond motifs is 1. The third kappa shape index (κ3) is 3.58. The van der Waals surface area contributed by atoms with Crippen molar-refractivity contribution in [3.63, 3.8) is 0 Å².